The van der Waals surface area contributed by atoms with Gasteiger partial charge in [0.15, 0.2) is 5.65 Å². The van der Waals surface area contributed by atoms with Crippen LogP contribution in [0.25, 0.3) is 11.2 Å². The van der Waals surface area contributed by atoms with E-state index < -0.39 is 17.6 Å². The molecular weight excluding hydrogens is 357 g/mol. The average molecular weight is 374 g/mol. The third-order valence-electron chi connectivity index (χ3n) is 4.97. The monoisotopic (exact) mass is 374 g/mol. The van der Waals surface area contributed by atoms with Crippen molar-refractivity contribution >= 4 is 17.1 Å². The van der Waals surface area contributed by atoms with Crippen LogP contribution in [0.15, 0.2) is 42.6 Å². The Morgan fingerprint density at radius 3 is 2.70 bits per heavy atom. The Kier molecular flexibility index (Phi) is 4.13. The summed E-state index contributed by atoms with van der Waals surface area (Å²) in [5.74, 6) is 0.164. The summed E-state index contributed by atoms with van der Waals surface area (Å²) >= 11 is 0. The molecule has 1 saturated heterocycles. The molecule has 0 radical (unpaired) electrons. The number of rotatable bonds is 2. The van der Waals surface area contributed by atoms with E-state index in [1.165, 1.54) is 23.1 Å². The van der Waals surface area contributed by atoms with Crippen LogP contribution in [-0.2, 0) is 13.2 Å². The standard InChI is InChI=1S/C19H17F3N4O/c1-25-16(24-15-7-4-9-23-17(15)25)12-8-10-26(11-12)18(27)13-5-2-3-6-14(13)19(20,21)22/h2-7,9,12H,8,10-11H2,1H3/t12-/m1/s1. The predicted octanol–water partition coefficient (Wildman–Crippen LogP) is 3.62. The highest BCUT2D eigenvalue weighted by Gasteiger charge is 2.38. The van der Waals surface area contributed by atoms with Gasteiger partial charge in [0.1, 0.15) is 11.3 Å². The molecule has 0 bridgehead atoms. The zero-order valence-corrected chi connectivity index (χ0v) is 14.6. The molecule has 1 fully saturated rings. The van der Waals surface area contributed by atoms with E-state index in [9.17, 15) is 18.0 Å². The van der Waals surface area contributed by atoms with Gasteiger partial charge in [-0.2, -0.15) is 13.2 Å². The van der Waals surface area contributed by atoms with Crippen molar-refractivity contribution in [3.8, 4) is 0 Å². The molecule has 1 amide bonds. The maximum absolute atomic E-state index is 13.2. The van der Waals surface area contributed by atoms with Crippen molar-refractivity contribution in [3.63, 3.8) is 0 Å². The van der Waals surface area contributed by atoms with Gasteiger partial charge in [-0.15, -0.1) is 0 Å². The Morgan fingerprint density at radius 1 is 1.19 bits per heavy atom. The summed E-state index contributed by atoms with van der Waals surface area (Å²) in [4.78, 5) is 23.1. The van der Waals surface area contributed by atoms with Crippen LogP contribution in [0.4, 0.5) is 13.2 Å². The van der Waals surface area contributed by atoms with Crippen LogP contribution in [0.5, 0.6) is 0 Å². The normalized spacial score (nSPS) is 17.6. The number of hydrogen-bond acceptors (Lipinski definition) is 3. The van der Waals surface area contributed by atoms with Crippen LogP contribution in [0.1, 0.15) is 34.1 Å². The van der Waals surface area contributed by atoms with Crippen LogP contribution in [0, 0.1) is 0 Å². The second-order valence-electron chi connectivity index (χ2n) is 6.66. The van der Waals surface area contributed by atoms with E-state index in [1.807, 2.05) is 17.7 Å². The van der Waals surface area contributed by atoms with Gasteiger partial charge in [-0.05, 0) is 30.7 Å². The van der Waals surface area contributed by atoms with E-state index in [-0.39, 0.29) is 11.5 Å². The number of hydrogen-bond donors (Lipinski definition) is 0. The maximum atomic E-state index is 13.2. The third kappa shape index (κ3) is 3.05. The SMILES string of the molecule is Cn1c([C@@H]2CCN(C(=O)c3ccccc3C(F)(F)F)C2)nc2cccnc21. The molecule has 140 valence electrons. The van der Waals surface area contributed by atoms with Gasteiger partial charge in [-0.1, -0.05) is 12.1 Å². The number of alkyl halides is 3. The van der Waals surface area contributed by atoms with Gasteiger partial charge in [0.05, 0.1) is 11.1 Å². The Hall–Kier alpha value is -2.90. The highest BCUT2D eigenvalue weighted by Crippen LogP contribution is 2.34. The van der Waals surface area contributed by atoms with Crippen LogP contribution in [-0.4, -0.2) is 38.4 Å². The number of nitrogens with zero attached hydrogens (tertiary/aromatic N) is 4. The van der Waals surface area contributed by atoms with Crippen LogP contribution >= 0.6 is 0 Å². The molecule has 5 nitrogen and oxygen atoms in total. The lowest BCUT2D eigenvalue weighted by Crippen LogP contribution is -2.30. The molecule has 3 heterocycles. The van der Waals surface area contributed by atoms with Gasteiger partial charge >= 0.3 is 6.18 Å². The lowest BCUT2D eigenvalue weighted by atomic mass is 10.1. The van der Waals surface area contributed by atoms with Crippen molar-refractivity contribution in [2.45, 2.75) is 18.5 Å². The summed E-state index contributed by atoms with van der Waals surface area (Å²) < 4.78 is 41.5. The molecule has 0 unspecified atom stereocenters. The van der Waals surface area contributed by atoms with Crippen molar-refractivity contribution in [2.75, 3.05) is 13.1 Å². The number of halogens is 3. The minimum absolute atomic E-state index is 0.0359. The first-order valence-corrected chi connectivity index (χ1v) is 8.59. The van der Waals surface area contributed by atoms with Crippen LogP contribution < -0.4 is 0 Å². The lowest BCUT2D eigenvalue weighted by Gasteiger charge is -2.19. The van der Waals surface area contributed by atoms with E-state index in [0.29, 0.717) is 19.5 Å². The number of benzene rings is 1. The van der Waals surface area contributed by atoms with Gasteiger partial charge in [0, 0.05) is 32.3 Å². The van der Waals surface area contributed by atoms with Crippen molar-refractivity contribution < 1.29 is 18.0 Å². The highest BCUT2D eigenvalue weighted by molar-refractivity contribution is 5.96. The van der Waals surface area contributed by atoms with E-state index in [0.717, 1.165) is 23.1 Å². The summed E-state index contributed by atoms with van der Waals surface area (Å²) in [6.07, 6.45) is -2.22. The Labute approximate surface area is 153 Å². The summed E-state index contributed by atoms with van der Waals surface area (Å²) in [6, 6.07) is 8.59. The number of amides is 1. The van der Waals surface area contributed by atoms with E-state index >= 15 is 0 Å². The van der Waals surface area contributed by atoms with Crippen molar-refractivity contribution in [2.24, 2.45) is 7.05 Å². The number of aryl methyl sites for hydroxylation is 1. The number of carbonyl (C=O) groups excluding carboxylic acids is 1. The van der Waals surface area contributed by atoms with Gasteiger partial charge in [0.25, 0.3) is 5.91 Å². The molecule has 1 aliphatic rings. The molecule has 1 aromatic carbocycles. The van der Waals surface area contributed by atoms with Gasteiger partial charge in [-0.3, -0.25) is 4.79 Å². The smallest absolute Gasteiger partial charge is 0.338 e. The van der Waals surface area contributed by atoms with E-state index in [4.69, 9.17) is 0 Å². The molecule has 0 aliphatic carbocycles. The Morgan fingerprint density at radius 2 is 1.96 bits per heavy atom. The average Bonchev–Trinajstić information content (AvgIpc) is 3.26. The first-order valence-electron chi connectivity index (χ1n) is 8.59. The first kappa shape index (κ1) is 17.5. The minimum atomic E-state index is -4.56. The van der Waals surface area contributed by atoms with Crippen LogP contribution in [0.3, 0.4) is 0 Å². The zero-order valence-electron chi connectivity index (χ0n) is 14.6. The number of imidazole rings is 1. The number of likely N-dealkylation sites (tertiary alicyclic amines) is 1. The van der Waals surface area contributed by atoms with E-state index in [2.05, 4.69) is 9.97 Å². The van der Waals surface area contributed by atoms with Gasteiger partial charge in [0.2, 0.25) is 0 Å². The molecule has 27 heavy (non-hydrogen) atoms. The van der Waals surface area contributed by atoms with E-state index in [1.54, 1.807) is 12.3 Å². The molecular formula is C19H17F3N4O. The molecule has 0 N–H and O–H groups in total. The maximum Gasteiger partial charge on any atom is 0.417 e. The van der Waals surface area contributed by atoms with Crippen molar-refractivity contribution in [3.05, 3.63) is 59.5 Å². The number of carbonyl (C=O) groups is 1. The summed E-state index contributed by atoms with van der Waals surface area (Å²) in [6.45, 7) is 0.731. The number of aromatic nitrogens is 3. The molecule has 2 aromatic heterocycles. The third-order valence-corrected chi connectivity index (χ3v) is 4.97. The molecule has 8 heteroatoms. The van der Waals surface area contributed by atoms with Crippen LogP contribution in [0.2, 0.25) is 0 Å². The largest absolute Gasteiger partial charge is 0.417 e. The summed E-state index contributed by atoms with van der Waals surface area (Å²) in [7, 11) is 1.86. The fraction of sp³-hybridized carbons (Fsp3) is 0.316. The summed E-state index contributed by atoms with van der Waals surface area (Å²) in [5, 5.41) is 0. The Bertz CT molecular complexity index is 1010. The number of fused-ring (bicyclic) bond motifs is 1. The molecule has 1 aliphatic heterocycles. The molecule has 0 saturated carbocycles. The molecule has 4 rings (SSSR count). The molecule has 3 aromatic rings. The second kappa shape index (κ2) is 6.37. The fourth-order valence-corrected chi connectivity index (χ4v) is 3.65. The van der Waals surface area contributed by atoms with Crippen molar-refractivity contribution in [1.29, 1.82) is 0 Å². The minimum Gasteiger partial charge on any atom is -0.338 e. The fourth-order valence-electron chi connectivity index (χ4n) is 3.65. The first-order chi connectivity index (χ1) is 12.9. The summed E-state index contributed by atoms with van der Waals surface area (Å²) in [5.41, 5.74) is 0.310. The second-order valence-corrected chi connectivity index (χ2v) is 6.66. The quantitative estimate of drug-likeness (QED) is 0.689. The topological polar surface area (TPSA) is 51.0 Å². The lowest BCUT2D eigenvalue weighted by molar-refractivity contribution is -0.138. The van der Waals surface area contributed by atoms with Gasteiger partial charge < -0.3 is 9.47 Å². The molecule has 1 atom stereocenters. The predicted molar refractivity (Wildman–Crippen MR) is 93.2 cm³/mol. The van der Waals surface area contributed by atoms with Crippen molar-refractivity contribution in [1.82, 2.24) is 19.4 Å². The Balaban J connectivity index is 1.60. The highest BCUT2D eigenvalue weighted by atomic mass is 19.4. The van der Waals surface area contributed by atoms with Gasteiger partial charge in [-0.25, -0.2) is 9.97 Å². The number of pyridine rings is 1. The zero-order chi connectivity index (χ0) is 19.2. The molecule has 0 spiro atoms.